The zero-order valence-electron chi connectivity index (χ0n) is 15.1. The summed E-state index contributed by atoms with van der Waals surface area (Å²) in [6.07, 6.45) is 9.54. The van der Waals surface area contributed by atoms with E-state index in [1.54, 1.807) is 0 Å². The summed E-state index contributed by atoms with van der Waals surface area (Å²) in [7, 11) is -3.12. The van der Waals surface area contributed by atoms with Crippen LogP contribution in [-0.4, -0.2) is 42.3 Å². The van der Waals surface area contributed by atoms with Gasteiger partial charge in [-0.15, -0.1) is 0 Å². The summed E-state index contributed by atoms with van der Waals surface area (Å²) in [5.74, 6) is 0.523. The molecule has 3 atom stereocenters. The molecular weight excluding hydrogens is 348 g/mol. The number of aromatic nitrogens is 2. The molecule has 7 heteroatoms. The summed E-state index contributed by atoms with van der Waals surface area (Å²) in [5.41, 5.74) is 3.56. The zero-order chi connectivity index (χ0) is 17.9. The number of nitrogens with one attached hydrogen (secondary N) is 2. The van der Waals surface area contributed by atoms with Gasteiger partial charge in [-0.1, -0.05) is 13.3 Å². The van der Waals surface area contributed by atoms with E-state index in [1.807, 2.05) is 12.4 Å². The third kappa shape index (κ3) is 2.63. The van der Waals surface area contributed by atoms with Gasteiger partial charge in [0.05, 0.1) is 10.9 Å². The number of pyridine rings is 1. The van der Waals surface area contributed by atoms with E-state index in [2.05, 4.69) is 32.6 Å². The molecule has 6 nitrogen and oxygen atoms in total. The number of sulfonamides is 1. The van der Waals surface area contributed by atoms with Crippen LogP contribution in [0.5, 0.6) is 0 Å². The smallest absolute Gasteiger partial charge is 0.214 e. The average molecular weight is 375 g/mol. The second-order valence-corrected chi connectivity index (χ2v) is 10.1. The van der Waals surface area contributed by atoms with E-state index in [1.165, 1.54) is 16.6 Å². The maximum absolute atomic E-state index is 12.4. The molecule has 3 heterocycles. The minimum absolute atomic E-state index is 0.0724. The normalized spacial score (nSPS) is 28.8. The van der Waals surface area contributed by atoms with Gasteiger partial charge in [0.1, 0.15) is 5.65 Å². The molecule has 0 amide bonds. The van der Waals surface area contributed by atoms with Crippen molar-refractivity contribution in [2.75, 3.05) is 11.4 Å². The Bertz CT molecular complexity index is 934. The van der Waals surface area contributed by atoms with Crippen LogP contribution < -0.4 is 9.62 Å². The van der Waals surface area contributed by atoms with E-state index < -0.39 is 10.0 Å². The van der Waals surface area contributed by atoms with Gasteiger partial charge in [0.25, 0.3) is 0 Å². The van der Waals surface area contributed by atoms with Gasteiger partial charge >= 0.3 is 0 Å². The first kappa shape index (κ1) is 16.6. The van der Waals surface area contributed by atoms with Crippen molar-refractivity contribution in [3.05, 3.63) is 24.0 Å². The first-order valence-corrected chi connectivity index (χ1v) is 11.3. The van der Waals surface area contributed by atoms with Crippen LogP contribution in [0.15, 0.2) is 18.5 Å². The predicted molar refractivity (Wildman–Crippen MR) is 103 cm³/mol. The molecule has 0 bridgehead atoms. The van der Waals surface area contributed by atoms with Crippen LogP contribution in [0.4, 0.5) is 5.69 Å². The van der Waals surface area contributed by atoms with Gasteiger partial charge in [0.15, 0.2) is 0 Å². The first-order valence-electron chi connectivity index (χ1n) is 9.79. The monoisotopic (exact) mass is 374 g/mol. The number of aromatic amines is 1. The van der Waals surface area contributed by atoms with Gasteiger partial charge in [0.2, 0.25) is 10.0 Å². The molecule has 2 fully saturated rings. The predicted octanol–water partition coefficient (Wildman–Crippen LogP) is 2.56. The third-order valence-electron chi connectivity index (χ3n) is 6.42. The highest BCUT2D eigenvalue weighted by atomic mass is 32.2. The van der Waals surface area contributed by atoms with E-state index in [-0.39, 0.29) is 11.3 Å². The fourth-order valence-electron chi connectivity index (χ4n) is 4.97. The first-order chi connectivity index (χ1) is 12.6. The summed E-state index contributed by atoms with van der Waals surface area (Å²) < 4.78 is 27.8. The fourth-order valence-corrected chi connectivity index (χ4v) is 6.57. The summed E-state index contributed by atoms with van der Waals surface area (Å²) in [4.78, 5) is 10.3. The van der Waals surface area contributed by atoms with Crippen LogP contribution in [0.1, 0.15) is 44.6 Å². The summed E-state index contributed by atoms with van der Waals surface area (Å²) in [6, 6.07) is 2.58. The van der Waals surface area contributed by atoms with E-state index in [0.717, 1.165) is 50.7 Å². The van der Waals surface area contributed by atoms with Crippen LogP contribution in [-0.2, 0) is 16.4 Å². The number of H-pyrrole nitrogens is 1. The topological polar surface area (TPSA) is 78.1 Å². The number of fused-ring (bicyclic) bond motifs is 3. The van der Waals surface area contributed by atoms with Crippen LogP contribution in [0.2, 0.25) is 0 Å². The molecule has 0 aromatic carbocycles. The second kappa shape index (κ2) is 5.96. The quantitative estimate of drug-likeness (QED) is 0.843. The minimum atomic E-state index is -3.12. The molecule has 3 unspecified atom stereocenters. The molecule has 140 valence electrons. The molecule has 1 aliphatic heterocycles. The fraction of sp³-hybridized carbons (Fsp3) is 0.632. The zero-order valence-corrected chi connectivity index (χ0v) is 15.9. The van der Waals surface area contributed by atoms with Crippen LogP contribution in [0.25, 0.3) is 11.0 Å². The molecule has 0 radical (unpaired) electrons. The van der Waals surface area contributed by atoms with E-state index in [9.17, 15) is 8.42 Å². The molecule has 2 N–H and O–H groups in total. The largest absolute Gasteiger partial charge is 0.367 e. The molecule has 5 rings (SSSR count). The molecule has 0 saturated heterocycles. The Hall–Kier alpha value is -1.60. The molecule has 2 aromatic heterocycles. The van der Waals surface area contributed by atoms with Crippen LogP contribution in [0.3, 0.4) is 0 Å². The van der Waals surface area contributed by atoms with E-state index in [4.69, 9.17) is 0 Å². The number of hydrogen-bond donors (Lipinski definition) is 2. The molecule has 2 saturated carbocycles. The van der Waals surface area contributed by atoms with E-state index in [0.29, 0.717) is 12.0 Å². The molecule has 0 spiro atoms. The Morgan fingerprint density at radius 3 is 2.96 bits per heavy atom. The van der Waals surface area contributed by atoms with Crippen molar-refractivity contribution in [3.63, 3.8) is 0 Å². The second-order valence-electron chi connectivity index (χ2n) is 8.08. The Labute approximate surface area is 154 Å². The minimum Gasteiger partial charge on any atom is -0.367 e. The van der Waals surface area contributed by atoms with Crippen molar-refractivity contribution in [2.45, 2.75) is 62.8 Å². The van der Waals surface area contributed by atoms with Crippen molar-refractivity contribution in [3.8, 4) is 0 Å². The van der Waals surface area contributed by atoms with Gasteiger partial charge in [-0.05, 0) is 49.7 Å². The van der Waals surface area contributed by atoms with Crippen molar-refractivity contribution >= 4 is 26.7 Å². The van der Waals surface area contributed by atoms with Crippen LogP contribution >= 0.6 is 0 Å². The molecule has 2 aromatic rings. The lowest BCUT2D eigenvalue weighted by Crippen LogP contribution is -2.39. The SMILES string of the molecule is CCC1CC(NS(=O)(=O)C2CC2)CC1N1CCc2cnc3[nH]ccc3c21. The molecule has 26 heavy (non-hydrogen) atoms. The highest BCUT2D eigenvalue weighted by molar-refractivity contribution is 7.90. The van der Waals surface area contributed by atoms with Crippen molar-refractivity contribution in [2.24, 2.45) is 5.92 Å². The maximum atomic E-state index is 12.4. The Morgan fingerprint density at radius 2 is 2.19 bits per heavy atom. The number of rotatable bonds is 5. The lowest BCUT2D eigenvalue weighted by molar-refractivity contribution is 0.441. The number of hydrogen-bond acceptors (Lipinski definition) is 4. The lowest BCUT2D eigenvalue weighted by atomic mass is 9.99. The number of anilines is 1. The van der Waals surface area contributed by atoms with Crippen molar-refractivity contribution in [1.82, 2.24) is 14.7 Å². The Balaban J connectivity index is 1.43. The van der Waals surface area contributed by atoms with Gasteiger partial charge in [-0.3, -0.25) is 0 Å². The molecular formula is C19H26N4O2S. The van der Waals surface area contributed by atoms with E-state index >= 15 is 0 Å². The average Bonchev–Trinajstić information content (AvgIpc) is 3.06. The van der Waals surface area contributed by atoms with Crippen molar-refractivity contribution in [1.29, 1.82) is 0 Å². The highest BCUT2D eigenvalue weighted by Gasteiger charge is 2.43. The van der Waals surface area contributed by atoms with Crippen molar-refractivity contribution < 1.29 is 8.42 Å². The Morgan fingerprint density at radius 1 is 1.35 bits per heavy atom. The third-order valence-corrected chi connectivity index (χ3v) is 8.43. The Kier molecular flexibility index (Phi) is 3.79. The molecule has 3 aliphatic rings. The van der Waals surface area contributed by atoms with Gasteiger partial charge in [-0.25, -0.2) is 18.1 Å². The molecule has 2 aliphatic carbocycles. The summed E-state index contributed by atoms with van der Waals surface area (Å²) in [6.45, 7) is 3.23. The van der Waals surface area contributed by atoms with Gasteiger partial charge in [0, 0.05) is 36.4 Å². The van der Waals surface area contributed by atoms with Gasteiger partial charge < -0.3 is 9.88 Å². The lowest BCUT2D eigenvalue weighted by Gasteiger charge is -2.32. The van der Waals surface area contributed by atoms with Gasteiger partial charge in [-0.2, -0.15) is 0 Å². The standard InChI is InChI=1S/C19H26N4O2S/c1-2-12-9-14(22-26(24,25)15-3-4-15)10-17(12)23-8-6-13-11-21-19-16(18(13)23)5-7-20-19/h5,7,11-12,14-15,17,22H,2-4,6,8-10H2,1H3,(H,20,21). The maximum Gasteiger partial charge on any atom is 0.214 e. The summed E-state index contributed by atoms with van der Waals surface area (Å²) >= 11 is 0. The number of nitrogens with zero attached hydrogens (tertiary/aromatic N) is 2. The summed E-state index contributed by atoms with van der Waals surface area (Å²) in [5, 5.41) is 1.05. The van der Waals surface area contributed by atoms with Crippen LogP contribution in [0, 0.1) is 5.92 Å². The highest BCUT2D eigenvalue weighted by Crippen LogP contribution is 2.42.